The van der Waals surface area contributed by atoms with Gasteiger partial charge in [-0.1, -0.05) is 189 Å². The van der Waals surface area contributed by atoms with Crippen LogP contribution in [0, 0.1) is 0 Å². The van der Waals surface area contributed by atoms with Gasteiger partial charge >= 0.3 is 5.97 Å². The lowest BCUT2D eigenvalue weighted by Gasteiger charge is -2.42. The first-order valence-corrected chi connectivity index (χ1v) is 29.7. The molecule has 2 fully saturated rings. The van der Waals surface area contributed by atoms with E-state index < -0.39 is 80.7 Å². The third-order valence-electron chi connectivity index (χ3n) is 13.6. The van der Waals surface area contributed by atoms with Gasteiger partial charge in [0.15, 0.2) is 12.6 Å². The van der Waals surface area contributed by atoms with E-state index in [9.17, 15) is 40.5 Å². The Labute approximate surface area is 459 Å². The van der Waals surface area contributed by atoms with Crippen LogP contribution in [0.2, 0.25) is 0 Å². The molecule has 11 unspecified atom stereocenters. The molecule has 2 heterocycles. The maximum Gasteiger partial charge on any atom is 0.306 e. The first-order chi connectivity index (χ1) is 37.1. The van der Waals surface area contributed by atoms with Gasteiger partial charge in [-0.15, -0.1) is 0 Å². The molecule has 7 N–H and O–H groups in total. The zero-order valence-electron chi connectivity index (χ0n) is 47.0. The number of hydrogen-bond donors (Lipinski definition) is 7. The SMILES string of the molecule is CC/C=C\C/C=C\C/C=C\C/C=C\C/C=C\CCCCCCCCCCCC(=O)OC(COCCCCCCCC/C=C\C/C=C\CCCCCC)COC1OC(COC2OC(CO)C(O)C(O)C2O)C(O)C(O)C1O. The van der Waals surface area contributed by atoms with Crippen molar-refractivity contribution in [3.63, 3.8) is 0 Å². The Kier molecular flexibility index (Phi) is 43.9. The lowest BCUT2D eigenvalue weighted by Crippen LogP contribution is -2.61. The molecule has 2 saturated heterocycles. The number of rotatable bonds is 47. The molecule has 0 aliphatic carbocycles. The number of allylic oxidation sites excluding steroid dienone is 14. The second-order valence-electron chi connectivity index (χ2n) is 20.4. The number of carbonyl (C=O) groups is 1. The molecular formula is C62H106O14. The van der Waals surface area contributed by atoms with E-state index in [2.05, 4.69) is 98.9 Å². The van der Waals surface area contributed by atoms with Crippen molar-refractivity contribution in [2.75, 3.05) is 33.0 Å². The zero-order chi connectivity index (χ0) is 55.1. The minimum Gasteiger partial charge on any atom is -0.457 e. The van der Waals surface area contributed by atoms with Crippen molar-refractivity contribution in [2.24, 2.45) is 0 Å². The zero-order valence-corrected chi connectivity index (χ0v) is 47.0. The van der Waals surface area contributed by atoms with Crippen LogP contribution in [0.15, 0.2) is 85.1 Å². The normalized spacial score (nSPS) is 25.1. The summed E-state index contributed by atoms with van der Waals surface area (Å²) in [6, 6.07) is 0. The maximum atomic E-state index is 13.1. The predicted molar refractivity (Wildman–Crippen MR) is 302 cm³/mol. The number of ether oxygens (including phenoxy) is 6. The number of carbonyl (C=O) groups excluding carboxylic acids is 1. The molecule has 0 saturated carbocycles. The standard InChI is InChI=1S/C62H106O14/c1-3-5-7-9-11-13-15-17-19-21-22-23-24-25-26-27-28-29-31-33-35-37-39-41-43-45-54(64)74-51(48-71-46-44-42-40-38-36-34-32-30-20-18-16-14-12-10-8-6-4-2)49-72-61-60(70)58(68)56(66)53(76-61)50-73-62-59(69)57(67)55(65)52(47-63)75-62/h5,7,11,13-14,16-17,19-20,22-23,25-26,30,51-53,55-63,65-70H,3-4,6,8-10,12,15,18,21,24,27-29,31-50H2,1-2H3/b7-5-,13-11-,16-14-,19-17-,23-22-,26-25-,30-20-. The van der Waals surface area contributed by atoms with Crippen molar-refractivity contribution in [2.45, 2.75) is 268 Å². The van der Waals surface area contributed by atoms with Gasteiger partial charge in [-0.25, -0.2) is 0 Å². The number of esters is 1. The Morgan fingerprint density at radius 3 is 1.34 bits per heavy atom. The lowest BCUT2D eigenvalue weighted by atomic mass is 9.98. The van der Waals surface area contributed by atoms with Crippen LogP contribution >= 0.6 is 0 Å². The molecule has 0 aromatic rings. The van der Waals surface area contributed by atoms with Crippen molar-refractivity contribution >= 4 is 5.97 Å². The van der Waals surface area contributed by atoms with E-state index >= 15 is 0 Å². The van der Waals surface area contributed by atoms with Crippen molar-refractivity contribution < 1.29 is 69.0 Å². The molecular weight excluding hydrogens is 969 g/mol. The Hall–Kier alpha value is -2.83. The van der Waals surface area contributed by atoms with Crippen molar-refractivity contribution in [1.29, 1.82) is 0 Å². The highest BCUT2D eigenvalue weighted by atomic mass is 16.7. The van der Waals surface area contributed by atoms with Crippen LogP contribution in [0.5, 0.6) is 0 Å². The van der Waals surface area contributed by atoms with Gasteiger partial charge < -0.3 is 64.2 Å². The number of hydrogen-bond acceptors (Lipinski definition) is 14. The summed E-state index contributed by atoms with van der Waals surface area (Å²) in [6.45, 7) is 3.52. The van der Waals surface area contributed by atoms with Crippen molar-refractivity contribution in [1.82, 2.24) is 0 Å². The molecule has 0 aromatic carbocycles. The van der Waals surface area contributed by atoms with E-state index in [1.165, 1.54) is 77.0 Å². The lowest BCUT2D eigenvalue weighted by molar-refractivity contribution is -0.332. The quantitative estimate of drug-likeness (QED) is 0.0172. The van der Waals surface area contributed by atoms with Crippen LogP contribution in [0.1, 0.15) is 200 Å². The molecule has 14 nitrogen and oxygen atoms in total. The molecule has 76 heavy (non-hydrogen) atoms. The molecule has 0 radical (unpaired) electrons. The maximum absolute atomic E-state index is 13.1. The van der Waals surface area contributed by atoms with Crippen LogP contribution in [-0.2, 0) is 33.2 Å². The van der Waals surface area contributed by atoms with Crippen molar-refractivity contribution in [3.8, 4) is 0 Å². The van der Waals surface area contributed by atoms with E-state index in [1.807, 2.05) is 0 Å². The third kappa shape index (κ3) is 34.2. The summed E-state index contributed by atoms with van der Waals surface area (Å²) in [5.74, 6) is -0.389. The van der Waals surface area contributed by atoms with E-state index in [-0.39, 0.29) is 25.6 Å². The number of aliphatic hydroxyl groups is 7. The van der Waals surface area contributed by atoms with E-state index in [0.29, 0.717) is 13.0 Å². The molecule has 14 heteroatoms. The summed E-state index contributed by atoms with van der Waals surface area (Å²) in [7, 11) is 0. The predicted octanol–water partition coefficient (Wildman–Crippen LogP) is 10.8. The average molecular weight is 1080 g/mol. The minimum absolute atomic E-state index is 0.0477. The Bertz CT molecular complexity index is 1580. The van der Waals surface area contributed by atoms with Crippen LogP contribution in [0.3, 0.4) is 0 Å². The van der Waals surface area contributed by atoms with Gasteiger partial charge in [0, 0.05) is 13.0 Å². The molecule has 438 valence electrons. The van der Waals surface area contributed by atoms with Gasteiger partial charge in [-0.2, -0.15) is 0 Å². The van der Waals surface area contributed by atoms with Gasteiger partial charge in [0.25, 0.3) is 0 Å². The van der Waals surface area contributed by atoms with Crippen molar-refractivity contribution in [3.05, 3.63) is 85.1 Å². The summed E-state index contributed by atoms with van der Waals surface area (Å²) in [5.41, 5.74) is 0. The third-order valence-corrected chi connectivity index (χ3v) is 13.6. The van der Waals surface area contributed by atoms with Gasteiger partial charge in [0.05, 0.1) is 26.4 Å². The minimum atomic E-state index is -1.71. The Morgan fingerprint density at radius 1 is 0.447 bits per heavy atom. The van der Waals surface area contributed by atoms with Crippen LogP contribution < -0.4 is 0 Å². The molecule has 2 aliphatic rings. The highest BCUT2D eigenvalue weighted by molar-refractivity contribution is 5.69. The molecule has 0 spiro atoms. The smallest absolute Gasteiger partial charge is 0.306 e. The Morgan fingerprint density at radius 2 is 0.855 bits per heavy atom. The molecule has 2 rings (SSSR count). The molecule has 2 aliphatic heterocycles. The number of unbranched alkanes of at least 4 members (excludes halogenated alkanes) is 19. The fraction of sp³-hybridized carbons (Fsp3) is 0.758. The van der Waals surface area contributed by atoms with Gasteiger partial charge in [0.1, 0.15) is 54.9 Å². The summed E-state index contributed by atoms with van der Waals surface area (Å²) in [6.07, 6.45) is 46.3. The molecule has 0 amide bonds. The number of aliphatic hydroxyl groups excluding tert-OH is 7. The Balaban J connectivity index is 1.71. The molecule has 0 aromatic heterocycles. The van der Waals surface area contributed by atoms with Gasteiger partial charge in [-0.05, 0) is 89.9 Å². The molecule has 0 bridgehead atoms. The van der Waals surface area contributed by atoms with E-state index in [1.54, 1.807) is 0 Å². The fourth-order valence-electron chi connectivity index (χ4n) is 8.87. The van der Waals surface area contributed by atoms with Crippen LogP contribution in [-0.4, -0.2) is 142 Å². The first kappa shape index (κ1) is 69.3. The summed E-state index contributed by atoms with van der Waals surface area (Å²) >= 11 is 0. The summed E-state index contributed by atoms with van der Waals surface area (Å²) in [4.78, 5) is 13.1. The fourth-order valence-corrected chi connectivity index (χ4v) is 8.87. The largest absolute Gasteiger partial charge is 0.457 e. The summed E-state index contributed by atoms with van der Waals surface area (Å²) < 4.78 is 34.4. The van der Waals surface area contributed by atoms with E-state index in [0.717, 1.165) is 96.3 Å². The van der Waals surface area contributed by atoms with Gasteiger partial charge in [-0.3, -0.25) is 4.79 Å². The highest BCUT2D eigenvalue weighted by Crippen LogP contribution is 2.26. The average Bonchev–Trinajstić information content (AvgIpc) is 3.42. The van der Waals surface area contributed by atoms with Crippen LogP contribution in [0.25, 0.3) is 0 Å². The van der Waals surface area contributed by atoms with Crippen LogP contribution in [0.4, 0.5) is 0 Å². The monoisotopic (exact) mass is 1070 g/mol. The second kappa shape index (κ2) is 48.1. The highest BCUT2D eigenvalue weighted by Gasteiger charge is 2.47. The topological polar surface area (TPSA) is 214 Å². The summed E-state index contributed by atoms with van der Waals surface area (Å²) in [5, 5.41) is 72.4. The molecule has 11 atom stereocenters. The first-order valence-electron chi connectivity index (χ1n) is 29.7. The van der Waals surface area contributed by atoms with Gasteiger partial charge in [0.2, 0.25) is 0 Å². The second-order valence-corrected chi connectivity index (χ2v) is 20.4. The van der Waals surface area contributed by atoms with E-state index in [4.69, 9.17) is 28.4 Å².